The number of fused-ring (bicyclic) bond motifs is 1. The molecule has 0 fully saturated rings. The van der Waals surface area contributed by atoms with Gasteiger partial charge in [0.25, 0.3) is 0 Å². The van der Waals surface area contributed by atoms with E-state index in [1.807, 2.05) is 0 Å². The van der Waals surface area contributed by atoms with E-state index < -0.39 is 5.97 Å². The van der Waals surface area contributed by atoms with Gasteiger partial charge in [0, 0.05) is 18.6 Å². The molecule has 16 heavy (non-hydrogen) atoms. The molecular formula is C11H9BrFNO2. The fraction of sp³-hybridized carbons (Fsp3) is 0.182. The minimum absolute atomic E-state index is 0.367. The Morgan fingerprint density at radius 3 is 2.81 bits per heavy atom. The van der Waals surface area contributed by atoms with Crippen LogP contribution >= 0.6 is 15.9 Å². The molecule has 0 radical (unpaired) electrons. The molecule has 0 bridgehead atoms. The number of nitrogens with zero attached hydrogens (tertiary/aromatic N) is 1. The number of hydrogen-bond acceptors (Lipinski definition) is 2. The Morgan fingerprint density at radius 1 is 1.50 bits per heavy atom. The first-order chi connectivity index (χ1) is 7.56. The molecular weight excluding hydrogens is 277 g/mol. The Kier molecular flexibility index (Phi) is 2.71. The second kappa shape index (κ2) is 3.90. The van der Waals surface area contributed by atoms with Crippen molar-refractivity contribution in [2.45, 2.75) is 0 Å². The van der Waals surface area contributed by atoms with Crippen molar-refractivity contribution in [3.05, 3.63) is 34.2 Å². The minimum Gasteiger partial charge on any atom is -0.465 e. The molecule has 0 aliphatic carbocycles. The summed E-state index contributed by atoms with van der Waals surface area (Å²) in [6, 6.07) is 3.26. The van der Waals surface area contributed by atoms with Gasteiger partial charge in [-0.3, -0.25) is 0 Å². The number of aromatic nitrogens is 1. The molecule has 1 heterocycles. The van der Waals surface area contributed by atoms with E-state index in [1.54, 1.807) is 29.9 Å². The molecule has 2 aromatic rings. The van der Waals surface area contributed by atoms with Crippen LogP contribution in [0.5, 0.6) is 0 Å². The molecule has 5 heteroatoms. The lowest BCUT2D eigenvalue weighted by Crippen LogP contribution is -1.99. The zero-order chi connectivity index (χ0) is 11.9. The average Bonchev–Trinajstić information content (AvgIpc) is 2.61. The first kappa shape index (κ1) is 11.1. The Labute approximate surface area is 99.9 Å². The third-order valence-corrected chi connectivity index (χ3v) is 3.05. The summed E-state index contributed by atoms with van der Waals surface area (Å²) in [6.45, 7) is 0. The summed E-state index contributed by atoms with van der Waals surface area (Å²) in [5.74, 6) is -0.845. The van der Waals surface area contributed by atoms with E-state index in [2.05, 4.69) is 20.7 Å². The van der Waals surface area contributed by atoms with Crippen LogP contribution in [0, 0.1) is 5.82 Å². The number of halogens is 2. The SMILES string of the molecule is COC(=O)c1cn(C)c2c(F)c(Br)ccc12. The van der Waals surface area contributed by atoms with Crippen molar-refractivity contribution in [3.63, 3.8) is 0 Å². The first-order valence-electron chi connectivity index (χ1n) is 4.57. The maximum atomic E-state index is 13.8. The van der Waals surface area contributed by atoms with E-state index in [9.17, 15) is 9.18 Å². The highest BCUT2D eigenvalue weighted by Gasteiger charge is 2.17. The van der Waals surface area contributed by atoms with Crippen LogP contribution in [0.1, 0.15) is 10.4 Å². The van der Waals surface area contributed by atoms with E-state index >= 15 is 0 Å². The number of hydrogen-bond donors (Lipinski definition) is 0. The molecule has 84 valence electrons. The fourth-order valence-corrected chi connectivity index (χ4v) is 2.02. The molecule has 0 aliphatic heterocycles. The van der Waals surface area contributed by atoms with Gasteiger partial charge in [0.05, 0.1) is 22.7 Å². The topological polar surface area (TPSA) is 31.2 Å². The number of carbonyl (C=O) groups is 1. The Morgan fingerprint density at radius 2 is 2.19 bits per heavy atom. The Hall–Kier alpha value is -1.36. The van der Waals surface area contributed by atoms with Crippen molar-refractivity contribution in [1.82, 2.24) is 4.57 Å². The van der Waals surface area contributed by atoms with Gasteiger partial charge < -0.3 is 9.30 Å². The van der Waals surface area contributed by atoms with Gasteiger partial charge in [-0.2, -0.15) is 0 Å². The second-order valence-corrected chi connectivity index (χ2v) is 4.26. The van der Waals surface area contributed by atoms with Crippen LogP contribution in [0.2, 0.25) is 0 Å². The van der Waals surface area contributed by atoms with E-state index in [1.165, 1.54) is 7.11 Å². The standard InChI is InChI=1S/C11H9BrFNO2/c1-14-5-7(11(15)16-2)6-3-4-8(12)9(13)10(6)14/h3-5H,1-2H3. The van der Waals surface area contributed by atoms with Crippen molar-refractivity contribution in [1.29, 1.82) is 0 Å². The highest BCUT2D eigenvalue weighted by molar-refractivity contribution is 9.10. The highest BCUT2D eigenvalue weighted by atomic mass is 79.9. The third kappa shape index (κ3) is 1.51. The van der Waals surface area contributed by atoms with Crippen LogP contribution in [0.3, 0.4) is 0 Å². The molecule has 0 atom stereocenters. The van der Waals surface area contributed by atoms with Crippen molar-refractivity contribution in [2.75, 3.05) is 7.11 Å². The van der Waals surface area contributed by atoms with Gasteiger partial charge >= 0.3 is 5.97 Å². The van der Waals surface area contributed by atoms with Crippen LogP contribution in [0.25, 0.3) is 10.9 Å². The quantitative estimate of drug-likeness (QED) is 0.755. The number of aryl methyl sites for hydroxylation is 1. The van der Waals surface area contributed by atoms with Crippen LogP contribution in [-0.4, -0.2) is 17.6 Å². The molecule has 1 aromatic heterocycles. The molecule has 0 amide bonds. The summed E-state index contributed by atoms with van der Waals surface area (Å²) in [7, 11) is 2.99. The maximum Gasteiger partial charge on any atom is 0.340 e. The van der Waals surface area contributed by atoms with Gasteiger partial charge in [-0.1, -0.05) is 6.07 Å². The zero-order valence-corrected chi connectivity index (χ0v) is 10.3. The van der Waals surface area contributed by atoms with Gasteiger partial charge in [0.1, 0.15) is 0 Å². The molecule has 0 saturated carbocycles. The summed E-state index contributed by atoms with van der Waals surface area (Å²) in [5, 5.41) is 0.551. The van der Waals surface area contributed by atoms with E-state index in [0.29, 0.717) is 20.9 Å². The summed E-state index contributed by atoms with van der Waals surface area (Å²) in [5.41, 5.74) is 0.751. The molecule has 0 aliphatic rings. The predicted octanol–water partition coefficient (Wildman–Crippen LogP) is 2.87. The summed E-state index contributed by atoms with van der Waals surface area (Å²) < 4.78 is 20.4. The van der Waals surface area contributed by atoms with Gasteiger partial charge in [0.2, 0.25) is 0 Å². The van der Waals surface area contributed by atoms with Crippen LogP contribution in [-0.2, 0) is 11.8 Å². The molecule has 0 saturated heterocycles. The Bertz CT molecular complexity index is 577. The lowest BCUT2D eigenvalue weighted by molar-refractivity contribution is 0.0603. The van der Waals surface area contributed by atoms with Gasteiger partial charge in [-0.05, 0) is 22.0 Å². The van der Waals surface area contributed by atoms with Gasteiger partial charge in [0.15, 0.2) is 5.82 Å². The molecule has 2 rings (SSSR count). The van der Waals surface area contributed by atoms with Crippen molar-refractivity contribution < 1.29 is 13.9 Å². The predicted molar refractivity (Wildman–Crippen MR) is 61.9 cm³/mol. The maximum absolute atomic E-state index is 13.8. The van der Waals surface area contributed by atoms with Crippen molar-refractivity contribution >= 4 is 32.8 Å². The number of ether oxygens (including phenoxy) is 1. The van der Waals surface area contributed by atoms with Crippen molar-refractivity contribution in [2.24, 2.45) is 7.05 Å². The lowest BCUT2D eigenvalue weighted by Gasteiger charge is -2.00. The van der Waals surface area contributed by atoms with E-state index in [0.717, 1.165) is 0 Å². The largest absolute Gasteiger partial charge is 0.465 e. The minimum atomic E-state index is -0.465. The number of methoxy groups -OCH3 is 1. The smallest absolute Gasteiger partial charge is 0.340 e. The monoisotopic (exact) mass is 285 g/mol. The van der Waals surface area contributed by atoms with Crippen LogP contribution < -0.4 is 0 Å². The zero-order valence-electron chi connectivity index (χ0n) is 8.75. The number of esters is 1. The summed E-state index contributed by atoms with van der Waals surface area (Å²) >= 11 is 3.11. The lowest BCUT2D eigenvalue weighted by atomic mass is 10.2. The molecule has 0 spiro atoms. The summed E-state index contributed by atoms with van der Waals surface area (Å²) in [4.78, 5) is 11.5. The second-order valence-electron chi connectivity index (χ2n) is 3.40. The molecule has 0 N–H and O–H groups in total. The molecule has 0 unspecified atom stereocenters. The Balaban J connectivity index is 2.82. The molecule has 3 nitrogen and oxygen atoms in total. The average molecular weight is 286 g/mol. The van der Waals surface area contributed by atoms with Gasteiger partial charge in [-0.25, -0.2) is 9.18 Å². The highest BCUT2D eigenvalue weighted by Crippen LogP contribution is 2.28. The summed E-state index contributed by atoms with van der Waals surface area (Å²) in [6.07, 6.45) is 1.56. The van der Waals surface area contributed by atoms with E-state index in [4.69, 9.17) is 0 Å². The fourth-order valence-electron chi connectivity index (χ4n) is 1.70. The number of benzene rings is 1. The van der Waals surface area contributed by atoms with Crippen LogP contribution in [0.4, 0.5) is 4.39 Å². The van der Waals surface area contributed by atoms with Gasteiger partial charge in [-0.15, -0.1) is 0 Å². The number of carbonyl (C=O) groups excluding carboxylic acids is 1. The number of rotatable bonds is 1. The molecule has 1 aromatic carbocycles. The third-order valence-electron chi connectivity index (χ3n) is 2.44. The first-order valence-corrected chi connectivity index (χ1v) is 5.37. The van der Waals surface area contributed by atoms with Crippen molar-refractivity contribution in [3.8, 4) is 0 Å². The normalized spacial score (nSPS) is 10.8. The van der Waals surface area contributed by atoms with E-state index in [-0.39, 0.29) is 5.82 Å². The van der Waals surface area contributed by atoms with Crippen LogP contribution in [0.15, 0.2) is 22.8 Å².